The van der Waals surface area contributed by atoms with Crippen molar-refractivity contribution in [1.29, 1.82) is 0 Å². The third-order valence-corrected chi connectivity index (χ3v) is 3.13. The fourth-order valence-electron chi connectivity index (χ4n) is 1.84. The molecule has 4 N–H and O–H groups in total. The number of nitrogens with two attached hydrogens (primary N) is 2. The van der Waals surface area contributed by atoms with Crippen LogP contribution in [0.25, 0.3) is 0 Å². The highest BCUT2D eigenvalue weighted by atomic mass is 16.1. The third kappa shape index (κ3) is 3.07. The highest BCUT2D eigenvalue weighted by Gasteiger charge is 2.37. The van der Waals surface area contributed by atoms with Gasteiger partial charge in [0.2, 0.25) is 5.91 Å². The summed E-state index contributed by atoms with van der Waals surface area (Å²) in [5, 5.41) is 0. The Bertz CT molecular complexity index is 379. The Morgan fingerprint density at radius 1 is 1.19 bits per heavy atom. The van der Waals surface area contributed by atoms with Crippen LogP contribution in [-0.2, 0) is 17.6 Å². The second kappa shape index (κ2) is 4.26. The summed E-state index contributed by atoms with van der Waals surface area (Å²) in [6, 6.07) is 8.32. The van der Waals surface area contributed by atoms with Crippen molar-refractivity contribution in [3.8, 4) is 0 Å². The summed E-state index contributed by atoms with van der Waals surface area (Å²) in [6.45, 7) is 0. The van der Waals surface area contributed by atoms with Crippen LogP contribution in [0, 0.1) is 0 Å². The van der Waals surface area contributed by atoms with Gasteiger partial charge in [0.15, 0.2) is 0 Å². The minimum atomic E-state index is -0.247. The lowest BCUT2D eigenvalue weighted by Gasteiger charge is -2.08. The van der Waals surface area contributed by atoms with Crippen molar-refractivity contribution in [1.82, 2.24) is 0 Å². The van der Waals surface area contributed by atoms with Gasteiger partial charge in [0.05, 0.1) is 0 Å². The molecule has 0 radical (unpaired) electrons. The number of aryl methyl sites for hydroxylation is 1. The zero-order chi connectivity index (χ0) is 11.6. The molecule has 1 aliphatic carbocycles. The summed E-state index contributed by atoms with van der Waals surface area (Å²) < 4.78 is 0. The fourth-order valence-corrected chi connectivity index (χ4v) is 1.84. The maximum Gasteiger partial charge on any atom is 0.217 e. The van der Waals surface area contributed by atoms with Gasteiger partial charge in [-0.3, -0.25) is 4.79 Å². The molecule has 0 unspecified atom stereocenters. The molecule has 1 aromatic rings. The van der Waals surface area contributed by atoms with Crippen molar-refractivity contribution in [2.75, 3.05) is 0 Å². The van der Waals surface area contributed by atoms with Crippen LogP contribution in [0.5, 0.6) is 0 Å². The van der Waals surface area contributed by atoms with E-state index in [1.54, 1.807) is 0 Å². The fraction of sp³-hybridized carbons (Fsp3) is 0.462. The third-order valence-electron chi connectivity index (χ3n) is 3.13. The van der Waals surface area contributed by atoms with E-state index in [1.165, 1.54) is 5.56 Å². The summed E-state index contributed by atoms with van der Waals surface area (Å²) in [5.41, 5.74) is 13.7. The first kappa shape index (κ1) is 11.1. The largest absolute Gasteiger partial charge is 0.370 e. The molecule has 3 heteroatoms. The van der Waals surface area contributed by atoms with Gasteiger partial charge in [-0.2, -0.15) is 0 Å². The molecule has 0 bridgehead atoms. The Morgan fingerprint density at radius 3 is 2.25 bits per heavy atom. The Labute approximate surface area is 95.8 Å². The van der Waals surface area contributed by atoms with Crippen molar-refractivity contribution in [2.45, 2.75) is 37.6 Å². The predicted octanol–water partition coefficient (Wildman–Crippen LogP) is 1.14. The quantitative estimate of drug-likeness (QED) is 0.778. The molecule has 0 aromatic heterocycles. The van der Waals surface area contributed by atoms with Crippen LogP contribution in [0.3, 0.4) is 0 Å². The van der Waals surface area contributed by atoms with Gasteiger partial charge < -0.3 is 11.5 Å². The van der Waals surface area contributed by atoms with E-state index in [4.69, 9.17) is 11.5 Å². The molecule has 1 amide bonds. The highest BCUT2D eigenvalue weighted by Crippen LogP contribution is 2.35. The maximum absolute atomic E-state index is 10.6. The van der Waals surface area contributed by atoms with Crippen molar-refractivity contribution in [3.05, 3.63) is 35.4 Å². The molecule has 1 aromatic carbocycles. The van der Waals surface area contributed by atoms with E-state index in [9.17, 15) is 4.79 Å². The summed E-state index contributed by atoms with van der Waals surface area (Å²) in [4.78, 5) is 10.6. The summed E-state index contributed by atoms with van der Waals surface area (Å²) in [5.74, 6) is -0.247. The first-order chi connectivity index (χ1) is 7.57. The maximum atomic E-state index is 10.6. The first-order valence-electron chi connectivity index (χ1n) is 5.72. The molecular weight excluding hydrogens is 200 g/mol. The minimum Gasteiger partial charge on any atom is -0.370 e. The van der Waals surface area contributed by atoms with Gasteiger partial charge in [-0.1, -0.05) is 24.3 Å². The van der Waals surface area contributed by atoms with E-state index in [1.807, 2.05) is 0 Å². The number of amides is 1. The van der Waals surface area contributed by atoms with Crippen LogP contribution in [0.2, 0.25) is 0 Å². The van der Waals surface area contributed by atoms with Crippen molar-refractivity contribution >= 4 is 5.91 Å². The second-order valence-electron chi connectivity index (χ2n) is 4.82. The Hall–Kier alpha value is -1.35. The topological polar surface area (TPSA) is 69.1 Å². The van der Waals surface area contributed by atoms with E-state index in [0.29, 0.717) is 6.42 Å². The predicted molar refractivity (Wildman–Crippen MR) is 63.8 cm³/mol. The van der Waals surface area contributed by atoms with Crippen molar-refractivity contribution < 1.29 is 4.79 Å². The normalized spacial score (nSPS) is 17.1. The molecule has 16 heavy (non-hydrogen) atoms. The summed E-state index contributed by atoms with van der Waals surface area (Å²) >= 11 is 0. The lowest BCUT2D eigenvalue weighted by atomic mass is 10.0. The molecule has 1 saturated carbocycles. The van der Waals surface area contributed by atoms with Gasteiger partial charge in [-0.25, -0.2) is 0 Å². The molecule has 2 rings (SSSR count). The van der Waals surface area contributed by atoms with Gasteiger partial charge in [-0.15, -0.1) is 0 Å². The van der Waals surface area contributed by atoms with E-state index >= 15 is 0 Å². The molecule has 0 atom stereocenters. The monoisotopic (exact) mass is 218 g/mol. The van der Waals surface area contributed by atoms with Gasteiger partial charge >= 0.3 is 0 Å². The minimum absolute atomic E-state index is 0.0642. The number of hydrogen-bond acceptors (Lipinski definition) is 2. The molecule has 0 aliphatic heterocycles. The standard InChI is InChI=1S/C13H18N2O/c14-12(16)6-5-10-1-3-11(4-2-10)9-13(15)7-8-13/h1-4H,5-9,15H2,(H2,14,16). The number of carbonyl (C=O) groups excluding carboxylic acids is 1. The number of rotatable bonds is 5. The lowest BCUT2D eigenvalue weighted by Crippen LogP contribution is -2.24. The van der Waals surface area contributed by atoms with E-state index in [2.05, 4.69) is 24.3 Å². The number of carbonyl (C=O) groups is 1. The Kier molecular flexibility index (Phi) is 2.97. The molecule has 0 heterocycles. The van der Waals surface area contributed by atoms with Crippen LogP contribution >= 0.6 is 0 Å². The van der Waals surface area contributed by atoms with Gasteiger partial charge in [0, 0.05) is 12.0 Å². The van der Waals surface area contributed by atoms with E-state index in [0.717, 1.165) is 31.2 Å². The first-order valence-corrected chi connectivity index (χ1v) is 5.72. The lowest BCUT2D eigenvalue weighted by molar-refractivity contribution is -0.117. The van der Waals surface area contributed by atoms with E-state index < -0.39 is 0 Å². The van der Waals surface area contributed by atoms with Gasteiger partial charge in [0.1, 0.15) is 0 Å². The number of benzene rings is 1. The zero-order valence-corrected chi connectivity index (χ0v) is 9.41. The number of hydrogen-bond donors (Lipinski definition) is 2. The van der Waals surface area contributed by atoms with Gasteiger partial charge in [0.25, 0.3) is 0 Å². The molecular formula is C13H18N2O. The SMILES string of the molecule is NC(=O)CCc1ccc(CC2(N)CC2)cc1. The Morgan fingerprint density at radius 2 is 1.75 bits per heavy atom. The highest BCUT2D eigenvalue weighted by molar-refractivity contribution is 5.73. The molecule has 1 fully saturated rings. The zero-order valence-electron chi connectivity index (χ0n) is 9.41. The molecule has 86 valence electrons. The number of primary amides is 1. The van der Waals surface area contributed by atoms with Gasteiger partial charge in [-0.05, 0) is 36.8 Å². The van der Waals surface area contributed by atoms with Crippen LogP contribution < -0.4 is 11.5 Å². The van der Waals surface area contributed by atoms with Crippen LogP contribution in [-0.4, -0.2) is 11.4 Å². The van der Waals surface area contributed by atoms with Crippen molar-refractivity contribution in [3.63, 3.8) is 0 Å². The second-order valence-corrected chi connectivity index (χ2v) is 4.82. The summed E-state index contributed by atoms with van der Waals surface area (Å²) in [6.07, 6.45) is 4.37. The average molecular weight is 218 g/mol. The molecule has 0 saturated heterocycles. The average Bonchev–Trinajstić information content (AvgIpc) is 2.95. The molecule has 0 spiro atoms. The van der Waals surface area contributed by atoms with E-state index in [-0.39, 0.29) is 11.4 Å². The van der Waals surface area contributed by atoms with Crippen molar-refractivity contribution in [2.24, 2.45) is 11.5 Å². The van der Waals surface area contributed by atoms with Crippen LogP contribution in [0.4, 0.5) is 0 Å². The Balaban J connectivity index is 1.91. The summed E-state index contributed by atoms with van der Waals surface area (Å²) in [7, 11) is 0. The molecule has 3 nitrogen and oxygen atoms in total. The van der Waals surface area contributed by atoms with Crippen LogP contribution in [0.1, 0.15) is 30.4 Å². The molecule has 1 aliphatic rings. The smallest absolute Gasteiger partial charge is 0.217 e. The van der Waals surface area contributed by atoms with Crippen LogP contribution in [0.15, 0.2) is 24.3 Å².